The van der Waals surface area contributed by atoms with Crippen molar-refractivity contribution >= 4 is 17.6 Å². The van der Waals surface area contributed by atoms with E-state index in [0.29, 0.717) is 0 Å². The first-order valence-electron chi connectivity index (χ1n) is 4.84. The van der Waals surface area contributed by atoms with Crippen LogP contribution in [0.1, 0.15) is 13.8 Å². The Kier molecular flexibility index (Phi) is 4.58. The maximum absolute atomic E-state index is 10.4. The highest BCUT2D eigenvalue weighted by molar-refractivity contribution is 7.97. The Balaban J connectivity index is 2.67. The molecule has 0 fully saturated rings. The molecule has 0 saturated heterocycles. The Morgan fingerprint density at radius 2 is 1.80 bits per heavy atom. The molecule has 4 nitrogen and oxygen atoms in total. The molecule has 1 aromatic carbocycles. The lowest BCUT2D eigenvalue weighted by atomic mass is 10.3. The molecular weight excluding hydrogens is 212 g/mol. The second-order valence-electron chi connectivity index (χ2n) is 2.96. The molecule has 15 heavy (non-hydrogen) atoms. The number of nitro groups is 1. The number of hydrogen-bond donors (Lipinski definition) is 0. The largest absolute Gasteiger partial charge is 0.269 e. The predicted octanol–water partition coefficient (Wildman–Crippen LogP) is 2.94. The van der Waals surface area contributed by atoms with Crippen molar-refractivity contribution in [3.63, 3.8) is 0 Å². The second kappa shape index (κ2) is 5.72. The van der Waals surface area contributed by atoms with Crippen molar-refractivity contribution in [2.45, 2.75) is 18.7 Å². The lowest BCUT2D eigenvalue weighted by molar-refractivity contribution is -0.384. The van der Waals surface area contributed by atoms with Crippen molar-refractivity contribution in [3.8, 4) is 0 Å². The molecule has 82 valence electrons. The lowest BCUT2D eigenvalue weighted by Gasteiger charge is -2.15. The monoisotopic (exact) mass is 226 g/mol. The molecule has 0 heterocycles. The van der Waals surface area contributed by atoms with E-state index in [2.05, 4.69) is 18.2 Å². The van der Waals surface area contributed by atoms with E-state index in [0.717, 1.165) is 18.0 Å². The molecule has 0 saturated carbocycles. The fraction of sp³-hybridized carbons (Fsp3) is 0.400. The van der Waals surface area contributed by atoms with Gasteiger partial charge in [0.05, 0.1) is 4.92 Å². The number of rotatable bonds is 5. The zero-order valence-electron chi connectivity index (χ0n) is 8.84. The van der Waals surface area contributed by atoms with E-state index in [9.17, 15) is 10.1 Å². The molecule has 5 heteroatoms. The van der Waals surface area contributed by atoms with E-state index in [1.165, 1.54) is 12.1 Å². The van der Waals surface area contributed by atoms with Crippen molar-refractivity contribution in [3.05, 3.63) is 34.4 Å². The maximum Gasteiger partial charge on any atom is 0.269 e. The third-order valence-corrected chi connectivity index (χ3v) is 3.25. The van der Waals surface area contributed by atoms with Gasteiger partial charge < -0.3 is 0 Å². The summed E-state index contributed by atoms with van der Waals surface area (Å²) in [6.07, 6.45) is 0. The average molecular weight is 226 g/mol. The molecule has 0 aromatic heterocycles. The smallest absolute Gasteiger partial charge is 0.258 e. The normalized spacial score (nSPS) is 10.6. The van der Waals surface area contributed by atoms with Crippen molar-refractivity contribution in [2.75, 3.05) is 13.1 Å². The van der Waals surface area contributed by atoms with Crippen LogP contribution in [0.4, 0.5) is 5.69 Å². The third-order valence-electron chi connectivity index (χ3n) is 1.99. The first-order chi connectivity index (χ1) is 7.17. The van der Waals surface area contributed by atoms with Crippen LogP contribution in [0.5, 0.6) is 0 Å². The number of nitrogens with zero attached hydrogens (tertiary/aromatic N) is 2. The topological polar surface area (TPSA) is 46.4 Å². The molecule has 0 unspecified atom stereocenters. The Bertz CT molecular complexity index is 323. The summed E-state index contributed by atoms with van der Waals surface area (Å²) in [5.74, 6) is 0. The highest BCUT2D eigenvalue weighted by Gasteiger charge is 2.06. The summed E-state index contributed by atoms with van der Waals surface area (Å²) in [6.45, 7) is 6.08. The van der Waals surface area contributed by atoms with Gasteiger partial charge in [-0.3, -0.25) is 10.1 Å². The highest BCUT2D eigenvalue weighted by Crippen LogP contribution is 2.24. The molecule has 0 amide bonds. The minimum atomic E-state index is -0.383. The Hall–Kier alpha value is -1.07. The molecule has 1 aromatic rings. The molecule has 1 rings (SSSR count). The van der Waals surface area contributed by atoms with Crippen molar-refractivity contribution in [1.82, 2.24) is 4.31 Å². The van der Waals surface area contributed by atoms with E-state index < -0.39 is 0 Å². The van der Waals surface area contributed by atoms with E-state index in [1.54, 1.807) is 24.1 Å². The van der Waals surface area contributed by atoms with Crippen LogP contribution in [0.15, 0.2) is 29.2 Å². The van der Waals surface area contributed by atoms with Crippen LogP contribution >= 0.6 is 11.9 Å². The molecule has 0 aliphatic rings. The van der Waals surface area contributed by atoms with Gasteiger partial charge in [0.2, 0.25) is 0 Å². The number of nitro benzene ring substituents is 1. The van der Waals surface area contributed by atoms with Gasteiger partial charge in [-0.2, -0.15) is 0 Å². The molecule has 0 atom stereocenters. The summed E-state index contributed by atoms with van der Waals surface area (Å²) in [5.41, 5.74) is 0.138. The minimum Gasteiger partial charge on any atom is -0.258 e. The van der Waals surface area contributed by atoms with E-state index in [1.807, 2.05) is 0 Å². The van der Waals surface area contributed by atoms with Crippen LogP contribution in [0, 0.1) is 10.1 Å². The van der Waals surface area contributed by atoms with E-state index >= 15 is 0 Å². The summed E-state index contributed by atoms with van der Waals surface area (Å²) in [7, 11) is 0. The van der Waals surface area contributed by atoms with Crippen LogP contribution in [-0.4, -0.2) is 22.3 Å². The van der Waals surface area contributed by atoms with Gasteiger partial charge in [0.15, 0.2) is 0 Å². The summed E-state index contributed by atoms with van der Waals surface area (Å²) in [4.78, 5) is 11.1. The zero-order valence-corrected chi connectivity index (χ0v) is 9.66. The van der Waals surface area contributed by atoms with E-state index in [-0.39, 0.29) is 10.6 Å². The van der Waals surface area contributed by atoms with Crippen LogP contribution in [0.25, 0.3) is 0 Å². The fourth-order valence-corrected chi connectivity index (χ4v) is 1.94. The predicted molar refractivity (Wildman–Crippen MR) is 61.9 cm³/mol. The van der Waals surface area contributed by atoms with Crippen LogP contribution < -0.4 is 0 Å². The van der Waals surface area contributed by atoms with Crippen molar-refractivity contribution < 1.29 is 4.92 Å². The highest BCUT2D eigenvalue weighted by atomic mass is 32.2. The summed E-state index contributed by atoms with van der Waals surface area (Å²) in [5, 5.41) is 10.4. The number of hydrogen-bond acceptors (Lipinski definition) is 4. The van der Waals surface area contributed by atoms with Crippen LogP contribution in [0.2, 0.25) is 0 Å². The van der Waals surface area contributed by atoms with E-state index in [4.69, 9.17) is 0 Å². The average Bonchev–Trinajstić information content (AvgIpc) is 2.26. The Morgan fingerprint density at radius 1 is 1.27 bits per heavy atom. The van der Waals surface area contributed by atoms with Gasteiger partial charge in [0.25, 0.3) is 5.69 Å². The molecule has 0 N–H and O–H groups in total. The second-order valence-corrected chi connectivity index (χ2v) is 4.13. The Labute approximate surface area is 93.6 Å². The van der Waals surface area contributed by atoms with Gasteiger partial charge >= 0.3 is 0 Å². The first kappa shape index (κ1) is 12.0. The van der Waals surface area contributed by atoms with Gasteiger partial charge in [-0.05, 0) is 24.1 Å². The molecule has 0 aliphatic heterocycles. The number of benzene rings is 1. The molecule has 0 radical (unpaired) electrons. The quantitative estimate of drug-likeness (QED) is 0.440. The molecular formula is C10H14N2O2S. The van der Waals surface area contributed by atoms with Crippen LogP contribution in [-0.2, 0) is 0 Å². The van der Waals surface area contributed by atoms with Crippen molar-refractivity contribution in [2.24, 2.45) is 0 Å². The summed E-state index contributed by atoms with van der Waals surface area (Å²) < 4.78 is 2.18. The first-order valence-corrected chi connectivity index (χ1v) is 5.62. The zero-order chi connectivity index (χ0) is 11.3. The van der Waals surface area contributed by atoms with Crippen LogP contribution in [0.3, 0.4) is 0 Å². The van der Waals surface area contributed by atoms with Gasteiger partial charge in [-0.25, -0.2) is 4.31 Å². The number of non-ortho nitro benzene ring substituents is 1. The van der Waals surface area contributed by atoms with Gasteiger partial charge in [-0.15, -0.1) is 0 Å². The lowest BCUT2D eigenvalue weighted by Crippen LogP contribution is -2.13. The SMILES string of the molecule is CCN(CC)Sc1ccc([N+](=O)[O-])cc1. The molecule has 0 aliphatic carbocycles. The van der Waals surface area contributed by atoms with Gasteiger partial charge in [0.1, 0.15) is 0 Å². The van der Waals surface area contributed by atoms with Gasteiger partial charge in [-0.1, -0.05) is 13.8 Å². The summed E-state index contributed by atoms with van der Waals surface area (Å²) >= 11 is 1.62. The van der Waals surface area contributed by atoms with Gasteiger partial charge in [0, 0.05) is 30.1 Å². The summed E-state index contributed by atoms with van der Waals surface area (Å²) in [6, 6.07) is 6.62. The van der Waals surface area contributed by atoms with Crippen molar-refractivity contribution in [1.29, 1.82) is 0 Å². The molecule has 0 bridgehead atoms. The standard InChI is InChI=1S/C10H14N2O2S/c1-3-11(4-2)15-10-7-5-9(6-8-10)12(13)14/h5-8H,3-4H2,1-2H3. The maximum atomic E-state index is 10.4. The Morgan fingerprint density at radius 3 is 2.20 bits per heavy atom. The molecule has 0 spiro atoms. The third kappa shape index (κ3) is 3.53. The minimum absolute atomic E-state index is 0.138. The fourth-order valence-electron chi connectivity index (χ4n) is 1.13.